The molecule has 2 N–H and O–H groups in total. The highest BCUT2D eigenvalue weighted by molar-refractivity contribution is 5.74. The van der Waals surface area contributed by atoms with Crippen molar-refractivity contribution in [1.29, 1.82) is 0 Å². The van der Waals surface area contributed by atoms with Crippen LogP contribution < -0.4 is 0 Å². The van der Waals surface area contributed by atoms with E-state index in [-0.39, 0.29) is 11.5 Å². The van der Waals surface area contributed by atoms with Crippen LogP contribution in [0.5, 0.6) is 0 Å². The third-order valence-electron chi connectivity index (χ3n) is 11.5. The van der Waals surface area contributed by atoms with Crippen LogP contribution in [-0.2, 0) is 6.54 Å². The summed E-state index contributed by atoms with van der Waals surface area (Å²) in [5.74, 6) is 3.31. The van der Waals surface area contributed by atoms with Crippen molar-refractivity contribution < 1.29 is 10.2 Å². The number of hydrogen-bond donors (Lipinski definition) is 2. The van der Waals surface area contributed by atoms with Gasteiger partial charge in [0.1, 0.15) is 5.52 Å². The third-order valence-corrected chi connectivity index (χ3v) is 11.5. The van der Waals surface area contributed by atoms with Crippen LogP contribution in [0.1, 0.15) is 84.1 Å². The Balaban J connectivity index is 1.22. The van der Waals surface area contributed by atoms with Crippen molar-refractivity contribution in [3.8, 4) is 0 Å². The standard InChI is InChI=1S/C29H43N3O2/c1-18-5-10-24-25(15-18)32(31-30-24)17-26(33)23-9-8-21-20-7-6-19-16-27(2,34)13-14-28(19,3)22(20)11-12-29(21,23)4/h5,10,15,19-23,26,33-34H,6-9,11-14,16-17H2,1-4H3/t19-,20+,21+,22+,23-,26?,27-,28+,29+/m1/s1. The Morgan fingerprint density at radius 2 is 1.79 bits per heavy atom. The summed E-state index contributed by atoms with van der Waals surface area (Å²) in [5, 5.41) is 31.0. The molecule has 1 heterocycles. The molecule has 0 radical (unpaired) electrons. The van der Waals surface area contributed by atoms with Gasteiger partial charge in [0.2, 0.25) is 0 Å². The molecular weight excluding hydrogens is 422 g/mol. The van der Waals surface area contributed by atoms with E-state index < -0.39 is 5.60 Å². The van der Waals surface area contributed by atoms with Gasteiger partial charge >= 0.3 is 0 Å². The number of aliphatic hydroxyl groups excluding tert-OH is 1. The van der Waals surface area contributed by atoms with Crippen LogP contribution >= 0.6 is 0 Å². The highest BCUT2D eigenvalue weighted by Crippen LogP contribution is 2.68. The van der Waals surface area contributed by atoms with E-state index in [4.69, 9.17) is 0 Å². The van der Waals surface area contributed by atoms with Gasteiger partial charge in [0.25, 0.3) is 0 Å². The second-order valence-corrected chi connectivity index (χ2v) is 13.4. The maximum Gasteiger partial charge on any atom is 0.113 e. The predicted molar refractivity (Wildman–Crippen MR) is 134 cm³/mol. The third kappa shape index (κ3) is 3.40. The molecule has 1 aromatic heterocycles. The maximum absolute atomic E-state index is 11.5. The minimum Gasteiger partial charge on any atom is -0.391 e. The van der Waals surface area contributed by atoms with Crippen molar-refractivity contribution in [3.63, 3.8) is 0 Å². The first-order chi connectivity index (χ1) is 16.1. The van der Waals surface area contributed by atoms with Crippen LogP contribution in [0, 0.1) is 47.3 Å². The number of aliphatic hydroxyl groups is 2. The number of fused-ring (bicyclic) bond motifs is 6. The van der Waals surface area contributed by atoms with Crippen molar-refractivity contribution in [2.75, 3.05) is 0 Å². The Hall–Kier alpha value is -1.46. The Bertz CT molecular complexity index is 1080. The zero-order valence-electron chi connectivity index (χ0n) is 21.5. The average Bonchev–Trinajstić information content (AvgIpc) is 3.34. The molecule has 0 bridgehead atoms. The Morgan fingerprint density at radius 1 is 1.00 bits per heavy atom. The molecule has 0 saturated heterocycles. The maximum atomic E-state index is 11.5. The van der Waals surface area contributed by atoms with Gasteiger partial charge in [0.15, 0.2) is 0 Å². The minimum atomic E-state index is -0.465. The van der Waals surface area contributed by atoms with Gasteiger partial charge in [-0.1, -0.05) is 25.1 Å². The molecule has 5 nitrogen and oxygen atoms in total. The summed E-state index contributed by atoms with van der Waals surface area (Å²) in [4.78, 5) is 0. The highest BCUT2D eigenvalue weighted by Gasteiger charge is 2.61. The monoisotopic (exact) mass is 465 g/mol. The van der Waals surface area contributed by atoms with Gasteiger partial charge in [-0.15, -0.1) is 5.10 Å². The number of rotatable bonds is 3. The summed E-state index contributed by atoms with van der Waals surface area (Å²) in [6, 6.07) is 6.23. The second-order valence-electron chi connectivity index (χ2n) is 13.4. The number of aromatic nitrogens is 3. The molecule has 34 heavy (non-hydrogen) atoms. The van der Waals surface area contributed by atoms with E-state index in [1.54, 1.807) is 0 Å². The first-order valence-electron chi connectivity index (χ1n) is 13.8. The van der Waals surface area contributed by atoms with Crippen molar-refractivity contribution in [1.82, 2.24) is 15.0 Å². The van der Waals surface area contributed by atoms with E-state index >= 15 is 0 Å². The Labute approximate surface area is 204 Å². The lowest BCUT2D eigenvalue weighted by Crippen LogP contribution is -2.56. The lowest BCUT2D eigenvalue weighted by atomic mass is 9.44. The minimum absolute atomic E-state index is 0.218. The van der Waals surface area contributed by atoms with Crippen LogP contribution in [0.3, 0.4) is 0 Å². The molecule has 9 atom stereocenters. The molecule has 6 rings (SSSR count). The second kappa shape index (κ2) is 7.77. The van der Waals surface area contributed by atoms with Crippen molar-refractivity contribution in [2.24, 2.45) is 40.4 Å². The van der Waals surface area contributed by atoms with E-state index in [1.807, 2.05) is 10.7 Å². The smallest absolute Gasteiger partial charge is 0.113 e. The normalized spacial score (nSPS) is 44.9. The van der Waals surface area contributed by atoms with E-state index in [0.717, 1.165) is 48.0 Å². The number of benzene rings is 1. The molecule has 4 aliphatic carbocycles. The Kier molecular flexibility index (Phi) is 5.25. The summed E-state index contributed by atoms with van der Waals surface area (Å²) in [7, 11) is 0. The summed E-state index contributed by atoms with van der Waals surface area (Å²) < 4.78 is 1.93. The first kappa shape index (κ1) is 23.0. The predicted octanol–water partition coefficient (Wildman–Crippen LogP) is 5.51. The van der Waals surface area contributed by atoms with E-state index in [9.17, 15) is 10.2 Å². The molecule has 2 aromatic rings. The Morgan fingerprint density at radius 3 is 2.62 bits per heavy atom. The van der Waals surface area contributed by atoms with E-state index in [2.05, 4.69) is 50.1 Å². The highest BCUT2D eigenvalue weighted by atomic mass is 16.3. The molecule has 4 saturated carbocycles. The molecule has 4 aliphatic rings. The average molecular weight is 466 g/mol. The van der Waals surface area contributed by atoms with Crippen LogP contribution in [0.15, 0.2) is 18.2 Å². The van der Waals surface area contributed by atoms with Crippen molar-refractivity contribution in [2.45, 2.75) is 104 Å². The van der Waals surface area contributed by atoms with Gasteiger partial charge in [-0.05, 0) is 130 Å². The zero-order valence-corrected chi connectivity index (χ0v) is 21.5. The van der Waals surface area contributed by atoms with Gasteiger partial charge in [-0.3, -0.25) is 0 Å². The number of nitrogens with zero attached hydrogens (tertiary/aromatic N) is 3. The molecule has 186 valence electrons. The topological polar surface area (TPSA) is 71.2 Å². The molecule has 0 aliphatic heterocycles. The van der Waals surface area contributed by atoms with Crippen LogP contribution in [0.2, 0.25) is 0 Å². The first-order valence-corrected chi connectivity index (χ1v) is 13.8. The summed E-state index contributed by atoms with van der Waals surface area (Å²) >= 11 is 0. The fourth-order valence-corrected chi connectivity index (χ4v) is 9.62. The summed E-state index contributed by atoms with van der Waals surface area (Å²) in [5.41, 5.74) is 3.28. The molecule has 1 aromatic carbocycles. The van der Waals surface area contributed by atoms with Crippen molar-refractivity contribution in [3.05, 3.63) is 23.8 Å². The molecule has 0 amide bonds. The number of hydrogen-bond acceptors (Lipinski definition) is 4. The molecule has 1 unspecified atom stereocenters. The lowest BCUT2D eigenvalue weighted by molar-refractivity contribution is -0.150. The largest absolute Gasteiger partial charge is 0.391 e. The summed E-state index contributed by atoms with van der Waals surface area (Å²) in [6.07, 6.45) is 10.3. The van der Waals surface area contributed by atoms with Crippen molar-refractivity contribution >= 4 is 11.0 Å². The SMILES string of the molecule is Cc1ccc2nnn(CC(O)[C@H]3CC[C@H]4[C@@H]5CC[C@@H]6C[C@](C)(O)CC[C@]6(C)[C@H]5CC[C@]34C)c2c1. The lowest BCUT2D eigenvalue weighted by Gasteiger charge is -2.62. The molecule has 5 heteroatoms. The van der Waals surface area contributed by atoms with E-state index in [0.29, 0.717) is 23.8 Å². The van der Waals surface area contributed by atoms with E-state index in [1.165, 1.54) is 44.1 Å². The van der Waals surface area contributed by atoms with Gasteiger partial charge in [-0.2, -0.15) is 0 Å². The summed E-state index contributed by atoms with van der Waals surface area (Å²) in [6.45, 7) is 9.75. The van der Waals surface area contributed by atoms with Crippen LogP contribution in [0.25, 0.3) is 11.0 Å². The van der Waals surface area contributed by atoms with Gasteiger partial charge in [0, 0.05) is 0 Å². The van der Waals surface area contributed by atoms with Gasteiger partial charge in [0.05, 0.1) is 23.8 Å². The molecule has 4 fully saturated rings. The fourth-order valence-electron chi connectivity index (χ4n) is 9.62. The van der Waals surface area contributed by atoms with Crippen LogP contribution in [-0.4, -0.2) is 36.9 Å². The fraction of sp³-hybridized carbons (Fsp3) is 0.793. The van der Waals surface area contributed by atoms with Gasteiger partial charge in [-0.25, -0.2) is 4.68 Å². The quantitative estimate of drug-likeness (QED) is 0.627. The van der Waals surface area contributed by atoms with Gasteiger partial charge < -0.3 is 10.2 Å². The zero-order chi connectivity index (χ0) is 23.9. The molecular formula is C29H43N3O2. The molecule has 0 spiro atoms. The van der Waals surface area contributed by atoms with Crippen LogP contribution in [0.4, 0.5) is 0 Å². The number of aryl methyl sites for hydroxylation is 1.